The van der Waals surface area contributed by atoms with E-state index in [0.29, 0.717) is 18.5 Å². The lowest BCUT2D eigenvalue weighted by Crippen LogP contribution is -2.37. The second-order valence-electron chi connectivity index (χ2n) is 5.31. The molecule has 0 atom stereocenters. The zero-order valence-corrected chi connectivity index (χ0v) is 13.8. The van der Waals surface area contributed by atoms with Gasteiger partial charge in [-0.15, -0.1) is 0 Å². The molecule has 0 amide bonds. The summed E-state index contributed by atoms with van der Waals surface area (Å²) in [4.78, 5) is 15.0. The van der Waals surface area contributed by atoms with Crippen molar-refractivity contribution in [2.75, 3.05) is 13.1 Å². The Labute approximate surface area is 130 Å². The summed E-state index contributed by atoms with van der Waals surface area (Å²) < 4.78 is 27.8. The lowest BCUT2D eigenvalue weighted by molar-refractivity contribution is 0.568. The first-order valence-electron chi connectivity index (χ1n) is 7.20. The van der Waals surface area contributed by atoms with Crippen LogP contribution < -0.4 is 15.0 Å². The number of nitrogens with one attached hydrogen (secondary N) is 3. The molecule has 0 saturated carbocycles. The Morgan fingerprint density at radius 2 is 1.86 bits per heavy atom. The van der Waals surface area contributed by atoms with E-state index in [1.54, 1.807) is 6.92 Å². The number of benzene rings is 1. The third kappa shape index (κ3) is 3.94. The highest BCUT2D eigenvalue weighted by Crippen LogP contribution is 2.18. The zero-order chi connectivity index (χ0) is 16.3. The van der Waals surface area contributed by atoms with Crippen molar-refractivity contribution in [1.82, 2.24) is 14.4 Å². The summed E-state index contributed by atoms with van der Waals surface area (Å²) in [5, 5.41) is 0.981. The molecule has 0 unspecified atom stereocenters. The molecule has 1 heterocycles. The Hall–Kier alpha value is -1.70. The van der Waals surface area contributed by atoms with Gasteiger partial charge in [0.1, 0.15) is 0 Å². The van der Waals surface area contributed by atoms with Crippen LogP contribution in [0.4, 0.5) is 0 Å². The van der Waals surface area contributed by atoms with Gasteiger partial charge in [0.25, 0.3) is 15.8 Å². The highest BCUT2D eigenvalue weighted by molar-refractivity contribution is 7.87. The smallest absolute Gasteiger partial charge is 0.276 e. The molecule has 2 rings (SSSR count). The molecule has 2 aromatic rings. The molecule has 0 aliphatic carbocycles. The number of H-pyrrole nitrogens is 1. The van der Waals surface area contributed by atoms with Gasteiger partial charge in [-0.05, 0) is 43.5 Å². The third-order valence-electron chi connectivity index (χ3n) is 3.41. The van der Waals surface area contributed by atoms with Crippen molar-refractivity contribution in [2.24, 2.45) is 0 Å². The Balaban J connectivity index is 2.22. The number of rotatable bonds is 6. The number of aryl methyl sites for hydroxylation is 2. The average Bonchev–Trinajstić information content (AvgIpc) is 2.39. The predicted octanol–water partition coefficient (Wildman–Crippen LogP) is 1.13. The number of hydrogen-bond acceptors (Lipinski definition) is 3. The lowest BCUT2D eigenvalue weighted by Gasteiger charge is -2.08. The van der Waals surface area contributed by atoms with Crippen LogP contribution in [-0.2, 0) is 16.6 Å². The van der Waals surface area contributed by atoms with Gasteiger partial charge >= 0.3 is 0 Å². The first-order chi connectivity index (χ1) is 10.3. The summed E-state index contributed by atoms with van der Waals surface area (Å²) in [5.74, 6) is 0. The van der Waals surface area contributed by atoms with E-state index >= 15 is 0 Å². The molecule has 22 heavy (non-hydrogen) atoms. The quantitative estimate of drug-likeness (QED) is 0.744. The normalized spacial score (nSPS) is 12.0. The molecule has 0 aliphatic heterocycles. The highest BCUT2D eigenvalue weighted by Gasteiger charge is 2.09. The van der Waals surface area contributed by atoms with E-state index in [4.69, 9.17) is 0 Å². The van der Waals surface area contributed by atoms with E-state index in [1.165, 1.54) is 0 Å². The van der Waals surface area contributed by atoms with E-state index in [-0.39, 0.29) is 12.1 Å². The minimum Gasteiger partial charge on any atom is -0.322 e. The number of aromatic amines is 1. The summed E-state index contributed by atoms with van der Waals surface area (Å²) in [7, 11) is -3.48. The molecule has 0 fully saturated rings. The van der Waals surface area contributed by atoms with Gasteiger partial charge in [0.2, 0.25) is 0 Å². The van der Waals surface area contributed by atoms with Crippen molar-refractivity contribution >= 4 is 21.1 Å². The Morgan fingerprint density at radius 1 is 1.14 bits per heavy atom. The number of pyridine rings is 1. The predicted molar refractivity (Wildman–Crippen MR) is 88.3 cm³/mol. The van der Waals surface area contributed by atoms with Crippen molar-refractivity contribution < 1.29 is 8.42 Å². The van der Waals surface area contributed by atoms with Gasteiger partial charge in [0, 0.05) is 29.6 Å². The van der Waals surface area contributed by atoms with Crippen LogP contribution in [0.25, 0.3) is 10.9 Å². The summed E-state index contributed by atoms with van der Waals surface area (Å²) in [6, 6.07) is 5.82. The fraction of sp³-hybridized carbons (Fsp3) is 0.400. The van der Waals surface area contributed by atoms with Gasteiger partial charge in [-0.2, -0.15) is 8.42 Å². The van der Waals surface area contributed by atoms with Crippen LogP contribution in [0.15, 0.2) is 23.0 Å². The van der Waals surface area contributed by atoms with Crippen LogP contribution in [0.2, 0.25) is 0 Å². The summed E-state index contributed by atoms with van der Waals surface area (Å²) in [6.07, 6.45) is 0.337. The van der Waals surface area contributed by atoms with E-state index in [0.717, 1.165) is 22.0 Å². The lowest BCUT2D eigenvalue weighted by atomic mass is 10.0. The molecule has 1 aromatic heterocycles. The topological polar surface area (TPSA) is 91.1 Å². The Kier molecular flexibility index (Phi) is 5.00. The maximum Gasteiger partial charge on any atom is 0.276 e. The second-order valence-corrected chi connectivity index (χ2v) is 6.90. The summed E-state index contributed by atoms with van der Waals surface area (Å²) >= 11 is 0. The van der Waals surface area contributed by atoms with E-state index in [1.807, 2.05) is 26.0 Å². The minimum atomic E-state index is -3.48. The van der Waals surface area contributed by atoms with Crippen LogP contribution in [0.5, 0.6) is 0 Å². The van der Waals surface area contributed by atoms with Gasteiger partial charge in [-0.25, -0.2) is 9.44 Å². The monoisotopic (exact) mass is 323 g/mol. The van der Waals surface area contributed by atoms with Crippen LogP contribution >= 0.6 is 0 Å². The fourth-order valence-corrected chi connectivity index (χ4v) is 3.32. The molecule has 0 bridgehead atoms. The molecule has 0 spiro atoms. The SMILES string of the molecule is CCNS(=O)(=O)NCCc1cc2c(C)cc(C)cc2[nH]c1=O. The van der Waals surface area contributed by atoms with E-state index < -0.39 is 10.2 Å². The zero-order valence-electron chi connectivity index (χ0n) is 13.0. The highest BCUT2D eigenvalue weighted by atomic mass is 32.2. The van der Waals surface area contributed by atoms with E-state index in [2.05, 4.69) is 20.5 Å². The maximum atomic E-state index is 12.1. The largest absolute Gasteiger partial charge is 0.322 e. The Bertz CT molecular complexity index is 841. The molecular formula is C15H21N3O3S. The summed E-state index contributed by atoms with van der Waals surface area (Å²) in [5.41, 5.74) is 3.37. The number of hydrogen-bond donors (Lipinski definition) is 3. The van der Waals surface area contributed by atoms with Crippen molar-refractivity contribution in [3.05, 3.63) is 45.2 Å². The summed E-state index contributed by atoms with van der Waals surface area (Å²) in [6.45, 7) is 6.18. The molecule has 6 nitrogen and oxygen atoms in total. The second kappa shape index (κ2) is 6.60. The van der Waals surface area contributed by atoms with Gasteiger partial charge in [0.05, 0.1) is 0 Å². The third-order valence-corrected chi connectivity index (χ3v) is 4.66. The van der Waals surface area contributed by atoms with Crippen molar-refractivity contribution in [1.29, 1.82) is 0 Å². The van der Waals surface area contributed by atoms with Crippen LogP contribution in [-0.4, -0.2) is 26.5 Å². The molecule has 0 saturated heterocycles. The van der Waals surface area contributed by atoms with Gasteiger partial charge < -0.3 is 4.98 Å². The maximum absolute atomic E-state index is 12.1. The molecule has 3 N–H and O–H groups in total. The van der Waals surface area contributed by atoms with Crippen LogP contribution in [0.3, 0.4) is 0 Å². The molecule has 1 aromatic carbocycles. The van der Waals surface area contributed by atoms with Crippen molar-refractivity contribution in [3.8, 4) is 0 Å². The Morgan fingerprint density at radius 3 is 2.55 bits per heavy atom. The first kappa shape index (κ1) is 16.7. The number of aromatic nitrogens is 1. The van der Waals surface area contributed by atoms with E-state index in [9.17, 15) is 13.2 Å². The molecule has 0 radical (unpaired) electrons. The fourth-order valence-electron chi connectivity index (χ4n) is 2.46. The van der Waals surface area contributed by atoms with Crippen LogP contribution in [0.1, 0.15) is 23.6 Å². The molecule has 7 heteroatoms. The minimum absolute atomic E-state index is 0.175. The molecular weight excluding hydrogens is 302 g/mol. The molecule has 0 aliphatic rings. The van der Waals surface area contributed by atoms with Crippen LogP contribution in [0, 0.1) is 13.8 Å². The van der Waals surface area contributed by atoms with Gasteiger partial charge in [-0.1, -0.05) is 13.0 Å². The molecule has 120 valence electrons. The first-order valence-corrected chi connectivity index (χ1v) is 8.68. The van der Waals surface area contributed by atoms with Gasteiger partial charge in [0.15, 0.2) is 0 Å². The van der Waals surface area contributed by atoms with Crippen molar-refractivity contribution in [3.63, 3.8) is 0 Å². The van der Waals surface area contributed by atoms with Crippen molar-refractivity contribution in [2.45, 2.75) is 27.2 Å². The average molecular weight is 323 g/mol. The standard InChI is InChI=1S/C15H21N3O3S/c1-4-16-22(20,21)17-6-5-12-9-13-11(3)7-10(2)8-14(13)18-15(12)19/h7-9,16-17H,4-6H2,1-3H3,(H,18,19). The number of fused-ring (bicyclic) bond motifs is 1. The van der Waals surface area contributed by atoms with Gasteiger partial charge in [-0.3, -0.25) is 4.79 Å².